The minimum atomic E-state index is 0.131. The summed E-state index contributed by atoms with van der Waals surface area (Å²) in [6.07, 6.45) is 0.917. The van der Waals surface area contributed by atoms with Gasteiger partial charge < -0.3 is 16.8 Å². The number of nitrogens with two attached hydrogens (primary N) is 2. The Hall–Kier alpha value is -1.89. The second kappa shape index (κ2) is 4.96. The number of hydrogen-bond acceptors (Lipinski definition) is 7. The van der Waals surface area contributed by atoms with Crippen molar-refractivity contribution in [1.82, 2.24) is 15.0 Å². The molecule has 0 bridgehead atoms. The third-order valence-electron chi connectivity index (χ3n) is 2.31. The molecule has 0 radical (unpaired) electrons. The maximum atomic E-state index is 5.47. The first-order valence-corrected chi connectivity index (χ1v) is 6.12. The van der Waals surface area contributed by atoms with Gasteiger partial charge in [-0.2, -0.15) is 26.3 Å². The number of thiophene rings is 1. The highest BCUT2D eigenvalue weighted by atomic mass is 32.1. The number of hydrogen-bond donors (Lipinski definition) is 3. The molecule has 0 spiro atoms. The summed E-state index contributed by atoms with van der Waals surface area (Å²) < 4.78 is 0. The van der Waals surface area contributed by atoms with Gasteiger partial charge in [-0.1, -0.05) is 0 Å². The topological polar surface area (TPSA) is 103 Å². The Labute approximate surface area is 103 Å². The van der Waals surface area contributed by atoms with Gasteiger partial charge in [-0.15, -0.1) is 0 Å². The molecular formula is C10H14N6S. The minimum absolute atomic E-state index is 0.131. The van der Waals surface area contributed by atoms with Crippen LogP contribution in [0.25, 0.3) is 0 Å². The molecule has 5 N–H and O–H groups in total. The molecule has 0 atom stereocenters. The molecule has 2 aromatic rings. The minimum Gasteiger partial charge on any atom is -0.368 e. The molecule has 17 heavy (non-hydrogen) atoms. The van der Waals surface area contributed by atoms with Crippen LogP contribution in [0, 0.1) is 6.92 Å². The summed E-state index contributed by atoms with van der Waals surface area (Å²) in [6, 6.07) is 0. The average Bonchev–Trinajstić information content (AvgIpc) is 2.63. The van der Waals surface area contributed by atoms with Gasteiger partial charge in [0, 0.05) is 6.54 Å². The van der Waals surface area contributed by atoms with Crippen molar-refractivity contribution in [3.8, 4) is 0 Å². The molecule has 0 unspecified atom stereocenters. The van der Waals surface area contributed by atoms with Crippen LogP contribution in [0.2, 0.25) is 0 Å². The first-order chi connectivity index (χ1) is 8.15. The zero-order valence-electron chi connectivity index (χ0n) is 9.47. The number of nitrogens with zero attached hydrogens (tertiary/aromatic N) is 3. The third-order valence-corrected chi connectivity index (χ3v) is 3.22. The van der Waals surface area contributed by atoms with E-state index in [-0.39, 0.29) is 11.9 Å². The van der Waals surface area contributed by atoms with Crippen LogP contribution in [0.15, 0.2) is 10.8 Å². The first-order valence-electron chi connectivity index (χ1n) is 5.17. The van der Waals surface area contributed by atoms with Gasteiger partial charge in [0.05, 0.1) is 0 Å². The van der Waals surface area contributed by atoms with Crippen molar-refractivity contribution < 1.29 is 0 Å². The molecule has 0 aliphatic rings. The summed E-state index contributed by atoms with van der Waals surface area (Å²) in [7, 11) is 0. The largest absolute Gasteiger partial charge is 0.368 e. The van der Waals surface area contributed by atoms with Crippen LogP contribution in [0.5, 0.6) is 0 Å². The normalized spacial score (nSPS) is 10.4. The van der Waals surface area contributed by atoms with Gasteiger partial charge in [0.25, 0.3) is 0 Å². The Morgan fingerprint density at radius 3 is 2.47 bits per heavy atom. The van der Waals surface area contributed by atoms with E-state index in [1.807, 2.05) is 0 Å². The van der Waals surface area contributed by atoms with Crippen LogP contribution in [0.3, 0.4) is 0 Å². The van der Waals surface area contributed by atoms with E-state index >= 15 is 0 Å². The Balaban J connectivity index is 1.92. The molecule has 2 rings (SSSR count). The van der Waals surface area contributed by atoms with E-state index in [2.05, 4.69) is 38.0 Å². The van der Waals surface area contributed by atoms with Crippen LogP contribution < -0.4 is 16.8 Å². The van der Waals surface area contributed by atoms with E-state index in [0.717, 1.165) is 13.0 Å². The fourth-order valence-electron chi connectivity index (χ4n) is 1.44. The van der Waals surface area contributed by atoms with E-state index in [4.69, 9.17) is 11.5 Å². The number of rotatable bonds is 4. The number of aromatic nitrogens is 3. The molecule has 0 aliphatic carbocycles. The van der Waals surface area contributed by atoms with Crippen molar-refractivity contribution in [2.24, 2.45) is 0 Å². The van der Waals surface area contributed by atoms with E-state index in [1.165, 1.54) is 11.1 Å². The lowest BCUT2D eigenvalue weighted by Gasteiger charge is -2.05. The molecule has 7 heteroatoms. The van der Waals surface area contributed by atoms with Crippen LogP contribution in [0.4, 0.5) is 17.8 Å². The Bertz CT molecular complexity index is 489. The van der Waals surface area contributed by atoms with Gasteiger partial charge in [-0.25, -0.2) is 0 Å². The van der Waals surface area contributed by atoms with Crippen LogP contribution in [0.1, 0.15) is 11.1 Å². The second-order valence-corrected chi connectivity index (χ2v) is 4.38. The highest BCUT2D eigenvalue weighted by Gasteiger charge is 2.02. The Morgan fingerprint density at radius 2 is 1.88 bits per heavy atom. The van der Waals surface area contributed by atoms with Crippen molar-refractivity contribution in [2.45, 2.75) is 13.3 Å². The zero-order chi connectivity index (χ0) is 12.3. The quantitative estimate of drug-likeness (QED) is 0.749. The van der Waals surface area contributed by atoms with Crippen molar-refractivity contribution in [2.75, 3.05) is 23.3 Å². The Kier molecular flexibility index (Phi) is 3.38. The molecule has 0 saturated carbocycles. The van der Waals surface area contributed by atoms with Crippen molar-refractivity contribution in [1.29, 1.82) is 0 Å². The number of nitrogen functional groups attached to an aromatic ring is 2. The second-order valence-electron chi connectivity index (χ2n) is 3.63. The lowest BCUT2D eigenvalue weighted by molar-refractivity contribution is 0.970. The zero-order valence-corrected chi connectivity index (χ0v) is 10.3. The number of aryl methyl sites for hydroxylation is 1. The third kappa shape index (κ3) is 3.04. The molecule has 0 aromatic carbocycles. The standard InChI is InChI=1S/C10H14N6S/c1-6-4-17-5-7(6)2-3-13-10-15-8(11)14-9(12)16-10/h4-5H,2-3H2,1H3,(H5,11,12,13,14,15,16). The number of anilines is 3. The predicted octanol–water partition coefficient (Wildman–Crippen LogP) is 1.06. The summed E-state index contributed by atoms with van der Waals surface area (Å²) in [5.41, 5.74) is 13.6. The first kappa shape index (κ1) is 11.6. The highest BCUT2D eigenvalue weighted by molar-refractivity contribution is 7.08. The smallest absolute Gasteiger partial charge is 0.229 e. The molecule has 0 fully saturated rings. The SMILES string of the molecule is Cc1cscc1CCNc1nc(N)nc(N)n1. The fraction of sp³-hybridized carbons (Fsp3) is 0.300. The van der Waals surface area contributed by atoms with Crippen LogP contribution in [-0.2, 0) is 6.42 Å². The lowest BCUT2D eigenvalue weighted by atomic mass is 10.1. The highest BCUT2D eigenvalue weighted by Crippen LogP contribution is 2.14. The summed E-state index contributed by atoms with van der Waals surface area (Å²) in [5, 5.41) is 7.35. The summed E-state index contributed by atoms with van der Waals surface area (Å²) in [5.74, 6) is 0.682. The molecule has 0 amide bonds. The molecule has 0 saturated heterocycles. The maximum Gasteiger partial charge on any atom is 0.229 e. The summed E-state index contributed by atoms with van der Waals surface area (Å²) in [4.78, 5) is 11.6. The average molecular weight is 250 g/mol. The van der Waals surface area contributed by atoms with E-state index in [1.54, 1.807) is 11.3 Å². The van der Waals surface area contributed by atoms with Gasteiger partial charge in [-0.05, 0) is 35.2 Å². The van der Waals surface area contributed by atoms with Crippen LogP contribution >= 0.6 is 11.3 Å². The van der Waals surface area contributed by atoms with Gasteiger partial charge in [-0.3, -0.25) is 0 Å². The molecule has 6 nitrogen and oxygen atoms in total. The molecule has 0 aliphatic heterocycles. The summed E-state index contributed by atoms with van der Waals surface area (Å²) in [6.45, 7) is 2.84. The lowest BCUT2D eigenvalue weighted by Crippen LogP contribution is -2.11. The van der Waals surface area contributed by atoms with Crippen molar-refractivity contribution in [3.63, 3.8) is 0 Å². The van der Waals surface area contributed by atoms with Gasteiger partial charge in [0.1, 0.15) is 0 Å². The molecule has 90 valence electrons. The van der Waals surface area contributed by atoms with E-state index < -0.39 is 0 Å². The van der Waals surface area contributed by atoms with Gasteiger partial charge in [0.15, 0.2) is 0 Å². The molecular weight excluding hydrogens is 236 g/mol. The van der Waals surface area contributed by atoms with Crippen molar-refractivity contribution in [3.05, 3.63) is 21.9 Å². The predicted molar refractivity (Wildman–Crippen MR) is 69.9 cm³/mol. The van der Waals surface area contributed by atoms with Crippen LogP contribution in [-0.4, -0.2) is 21.5 Å². The Morgan fingerprint density at radius 1 is 1.18 bits per heavy atom. The monoisotopic (exact) mass is 250 g/mol. The molecule has 2 heterocycles. The molecule has 2 aromatic heterocycles. The summed E-state index contributed by atoms with van der Waals surface area (Å²) >= 11 is 1.71. The van der Waals surface area contributed by atoms with E-state index in [9.17, 15) is 0 Å². The maximum absolute atomic E-state index is 5.47. The van der Waals surface area contributed by atoms with E-state index in [0.29, 0.717) is 5.95 Å². The number of nitrogens with one attached hydrogen (secondary N) is 1. The van der Waals surface area contributed by atoms with Gasteiger partial charge in [0.2, 0.25) is 17.8 Å². The van der Waals surface area contributed by atoms with Crippen molar-refractivity contribution >= 4 is 29.2 Å². The fourth-order valence-corrected chi connectivity index (χ4v) is 2.33. The van der Waals surface area contributed by atoms with Gasteiger partial charge >= 0.3 is 0 Å².